The van der Waals surface area contributed by atoms with E-state index in [1.807, 2.05) is 12.3 Å². The van der Waals surface area contributed by atoms with E-state index in [0.717, 1.165) is 26.1 Å². The maximum atomic E-state index is 8.92. The van der Waals surface area contributed by atoms with Crippen LogP contribution in [-0.2, 0) is 6.54 Å². The number of rotatable bonds is 4. The van der Waals surface area contributed by atoms with Crippen LogP contribution in [0.1, 0.15) is 24.1 Å². The molecule has 2 rings (SSSR count). The molecule has 1 aliphatic heterocycles. The van der Waals surface area contributed by atoms with Crippen molar-refractivity contribution < 1.29 is 5.11 Å². The zero-order valence-corrected chi connectivity index (χ0v) is 9.89. The second-order valence-corrected chi connectivity index (χ2v) is 4.67. The molecular formula is C13H20N2O. The van der Waals surface area contributed by atoms with E-state index >= 15 is 0 Å². The molecule has 0 amide bonds. The molecule has 3 heteroatoms. The summed E-state index contributed by atoms with van der Waals surface area (Å²) >= 11 is 0. The van der Waals surface area contributed by atoms with E-state index in [2.05, 4.69) is 22.9 Å². The monoisotopic (exact) mass is 220 g/mol. The fourth-order valence-corrected chi connectivity index (χ4v) is 2.37. The lowest BCUT2D eigenvalue weighted by Gasteiger charge is -2.16. The third-order valence-corrected chi connectivity index (χ3v) is 3.40. The second kappa shape index (κ2) is 5.41. The highest BCUT2D eigenvalue weighted by molar-refractivity contribution is 5.17. The van der Waals surface area contributed by atoms with Gasteiger partial charge in [0.1, 0.15) is 0 Å². The Balaban J connectivity index is 1.90. The predicted molar refractivity (Wildman–Crippen MR) is 64.1 cm³/mol. The minimum Gasteiger partial charge on any atom is -0.396 e. The largest absolute Gasteiger partial charge is 0.396 e. The smallest absolute Gasteiger partial charge is 0.0573 e. The van der Waals surface area contributed by atoms with E-state index in [0.29, 0.717) is 12.5 Å². The van der Waals surface area contributed by atoms with E-state index in [-0.39, 0.29) is 0 Å². The van der Waals surface area contributed by atoms with Crippen LogP contribution in [0.15, 0.2) is 18.3 Å². The number of aliphatic hydroxyl groups excluding tert-OH is 1. The number of aromatic nitrogens is 1. The van der Waals surface area contributed by atoms with Crippen LogP contribution in [0, 0.1) is 12.8 Å². The van der Waals surface area contributed by atoms with Gasteiger partial charge in [-0.05, 0) is 43.9 Å². The minimum atomic E-state index is 0.321. The maximum absolute atomic E-state index is 8.92. The summed E-state index contributed by atoms with van der Waals surface area (Å²) in [7, 11) is 0. The molecule has 0 aliphatic carbocycles. The lowest BCUT2D eigenvalue weighted by molar-refractivity contribution is 0.248. The average Bonchev–Trinajstić information content (AvgIpc) is 2.70. The van der Waals surface area contributed by atoms with Crippen molar-refractivity contribution in [2.75, 3.05) is 19.7 Å². The normalized spacial score (nSPS) is 21.5. The molecular weight excluding hydrogens is 200 g/mol. The molecule has 3 nitrogen and oxygen atoms in total. The molecule has 0 aromatic carbocycles. The number of aliphatic hydroxyl groups is 1. The number of aryl methyl sites for hydroxylation is 1. The lowest BCUT2D eigenvalue weighted by atomic mass is 10.1. The van der Waals surface area contributed by atoms with Gasteiger partial charge >= 0.3 is 0 Å². The highest BCUT2D eigenvalue weighted by atomic mass is 16.3. The van der Waals surface area contributed by atoms with Crippen LogP contribution in [0.5, 0.6) is 0 Å². The molecule has 1 aromatic rings. The third-order valence-electron chi connectivity index (χ3n) is 3.40. The van der Waals surface area contributed by atoms with Crippen molar-refractivity contribution in [3.63, 3.8) is 0 Å². The molecule has 0 bridgehead atoms. The highest BCUT2D eigenvalue weighted by Gasteiger charge is 2.22. The van der Waals surface area contributed by atoms with Gasteiger partial charge in [-0.3, -0.25) is 9.88 Å². The summed E-state index contributed by atoms with van der Waals surface area (Å²) in [6, 6.07) is 4.10. The first-order valence-corrected chi connectivity index (χ1v) is 6.03. The second-order valence-electron chi connectivity index (χ2n) is 4.67. The van der Waals surface area contributed by atoms with Crippen LogP contribution in [0.2, 0.25) is 0 Å². The summed E-state index contributed by atoms with van der Waals surface area (Å²) in [4.78, 5) is 6.86. The number of pyridine rings is 1. The molecule has 1 fully saturated rings. The fourth-order valence-electron chi connectivity index (χ4n) is 2.37. The van der Waals surface area contributed by atoms with Gasteiger partial charge in [0.2, 0.25) is 0 Å². The van der Waals surface area contributed by atoms with E-state index in [9.17, 15) is 0 Å². The SMILES string of the molecule is Cc1cccnc1CN1CCC(CCO)C1. The summed E-state index contributed by atoms with van der Waals surface area (Å²) in [6.45, 7) is 5.64. The molecule has 1 aliphatic rings. The zero-order valence-electron chi connectivity index (χ0n) is 9.89. The molecule has 1 atom stereocenters. The van der Waals surface area contributed by atoms with Crippen LogP contribution in [0.4, 0.5) is 0 Å². The van der Waals surface area contributed by atoms with Gasteiger partial charge in [-0.15, -0.1) is 0 Å². The summed E-state index contributed by atoms with van der Waals surface area (Å²) < 4.78 is 0. The van der Waals surface area contributed by atoms with Crippen LogP contribution < -0.4 is 0 Å². The van der Waals surface area contributed by atoms with Crippen LogP contribution >= 0.6 is 0 Å². The van der Waals surface area contributed by atoms with Crippen molar-refractivity contribution in [1.82, 2.24) is 9.88 Å². The van der Waals surface area contributed by atoms with Gasteiger partial charge in [-0.2, -0.15) is 0 Å². The first kappa shape index (κ1) is 11.6. The highest BCUT2D eigenvalue weighted by Crippen LogP contribution is 2.21. The van der Waals surface area contributed by atoms with E-state index in [1.54, 1.807) is 0 Å². The number of nitrogens with zero attached hydrogens (tertiary/aromatic N) is 2. The average molecular weight is 220 g/mol. The standard InChI is InChI=1S/C13H20N2O/c1-11-3-2-6-14-13(11)10-15-7-4-12(9-15)5-8-16/h2-3,6,12,16H,4-5,7-10H2,1H3. The Labute approximate surface area is 97.1 Å². The molecule has 16 heavy (non-hydrogen) atoms. The predicted octanol–water partition coefficient (Wildman–Crippen LogP) is 1.59. The quantitative estimate of drug-likeness (QED) is 0.837. The molecule has 1 saturated heterocycles. The van der Waals surface area contributed by atoms with Gasteiger partial charge in [0.25, 0.3) is 0 Å². The topological polar surface area (TPSA) is 36.4 Å². The Morgan fingerprint density at radius 2 is 2.44 bits per heavy atom. The van der Waals surface area contributed by atoms with Crippen molar-refractivity contribution in [1.29, 1.82) is 0 Å². The van der Waals surface area contributed by atoms with Crippen molar-refractivity contribution in [2.24, 2.45) is 5.92 Å². The Hall–Kier alpha value is -0.930. The molecule has 1 unspecified atom stereocenters. The number of hydrogen-bond donors (Lipinski definition) is 1. The van der Waals surface area contributed by atoms with E-state index in [4.69, 9.17) is 5.11 Å². The van der Waals surface area contributed by atoms with Gasteiger partial charge in [0.05, 0.1) is 5.69 Å². The van der Waals surface area contributed by atoms with Gasteiger partial charge in [0.15, 0.2) is 0 Å². The molecule has 2 heterocycles. The minimum absolute atomic E-state index is 0.321. The van der Waals surface area contributed by atoms with Gasteiger partial charge in [0, 0.05) is 25.9 Å². The third kappa shape index (κ3) is 2.80. The van der Waals surface area contributed by atoms with Gasteiger partial charge < -0.3 is 5.11 Å². The lowest BCUT2D eigenvalue weighted by Crippen LogP contribution is -2.21. The maximum Gasteiger partial charge on any atom is 0.0573 e. The molecule has 0 radical (unpaired) electrons. The summed E-state index contributed by atoms with van der Waals surface area (Å²) in [5.41, 5.74) is 2.46. The molecule has 88 valence electrons. The van der Waals surface area contributed by atoms with Crippen LogP contribution in [-0.4, -0.2) is 34.7 Å². The summed E-state index contributed by atoms with van der Waals surface area (Å²) in [6.07, 6.45) is 4.02. The summed E-state index contributed by atoms with van der Waals surface area (Å²) in [5, 5.41) is 8.92. The Bertz CT molecular complexity index is 340. The fraction of sp³-hybridized carbons (Fsp3) is 0.615. The Morgan fingerprint density at radius 1 is 1.56 bits per heavy atom. The van der Waals surface area contributed by atoms with E-state index in [1.165, 1.54) is 17.7 Å². The molecule has 1 N–H and O–H groups in total. The Morgan fingerprint density at radius 3 is 3.19 bits per heavy atom. The van der Waals surface area contributed by atoms with E-state index < -0.39 is 0 Å². The number of likely N-dealkylation sites (tertiary alicyclic amines) is 1. The molecule has 1 aromatic heterocycles. The van der Waals surface area contributed by atoms with Gasteiger partial charge in [-0.1, -0.05) is 6.07 Å². The van der Waals surface area contributed by atoms with Crippen molar-refractivity contribution >= 4 is 0 Å². The first-order valence-electron chi connectivity index (χ1n) is 6.03. The summed E-state index contributed by atoms with van der Waals surface area (Å²) in [5.74, 6) is 0.675. The van der Waals surface area contributed by atoms with Crippen molar-refractivity contribution in [3.8, 4) is 0 Å². The molecule has 0 saturated carbocycles. The van der Waals surface area contributed by atoms with Crippen molar-refractivity contribution in [3.05, 3.63) is 29.6 Å². The van der Waals surface area contributed by atoms with Gasteiger partial charge in [-0.25, -0.2) is 0 Å². The molecule has 0 spiro atoms. The number of hydrogen-bond acceptors (Lipinski definition) is 3. The Kier molecular flexibility index (Phi) is 3.91. The van der Waals surface area contributed by atoms with Crippen molar-refractivity contribution in [2.45, 2.75) is 26.3 Å². The zero-order chi connectivity index (χ0) is 11.4. The van der Waals surface area contributed by atoms with Crippen LogP contribution in [0.25, 0.3) is 0 Å². The van der Waals surface area contributed by atoms with Crippen LogP contribution in [0.3, 0.4) is 0 Å². The first-order chi connectivity index (χ1) is 7.79.